The van der Waals surface area contributed by atoms with E-state index in [1.807, 2.05) is 18.2 Å². The Morgan fingerprint density at radius 2 is 2.00 bits per heavy atom. The monoisotopic (exact) mass is 326 g/mol. The number of hydrogen-bond acceptors (Lipinski definition) is 3. The van der Waals surface area contributed by atoms with E-state index in [4.69, 9.17) is 4.74 Å². The van der Waals surface area contributed by atoms with Gasteiger partial charge in [0, 0.05) is 17.6 Å². The SMILES string of the molecule is CCCCOc1ccc(C(=O)CC(=CC2=CC=CC2)C(=O)O)cc1. The van der Waals surface area contributed by atoms with Gasteiger partial charge in [0.2, 0.25) is 0 Å². The van der Waals surface area contributed by atoms with E-state index in [0.29, 0.717) is 18.6 Å². The number of aliphatic carboxylic acids is 1. The van der Waals surface area contributed by atoms with Gasteiger partial charge < -0.3 is 9.84 Å². The van der Waals surface area contributed by atoms with Crippen molar-refractivity contribution in [1.82, 2.24) is 0 Å². The minimum Gasteiger partial charge on any atom is -0.494 e. The second-order valence-electron chi connectivity index (χ2n) is 5.67. The summed E-state index contributed by atoms with van der Waals surface area (Å²) in [7, 11) is 0. The maximum absolute atomic E-state index is 12.3. The van der Waals surface area contributed by atoms with E-state index in [1.165, 1.54) is 0 Å². The summed E-state index contributed by atoms with van der Waals surface area (Å²) in [5, 5.41) is 9.31. The van der Waals surface area contributed by atoms with E-state index < -0.39 is 5.97 Å². The van der Waals surface area contributed by atoms with Crippen molar-refractivity contribution < 1.29 is 19.4 Å². The molecule has 24 heavy (non-hydrogen) atoms. The van der Waals surface area contributed by atoms with Crippen molar-refractivity contribution in [3.63, 3.8) is 0 Å². The van der Waals surface area contributed by atoms with Crippen LogP contribution in [0.25, 0.3) is 0 Å². The predicted molar refractivity (Wildman–Crippen MR) is 93.4 cm³/mol. The number of hydrogen-bond donors (Lipinski definition) is 1. The second kappa shape index (κ2) is 8.87. The van der Waals surface area contributed by atoms with Crippen LogP contribution < -0.4 is 4.74 Å². The molecule has 0 atom stereocenters. The molecule has 0 aromatic heterocycles. The Kier molecular flexibility index (Phi) is 6.55. The predicted octanol–water partition coefficient (Wildman–Crippen LogP) is 4.34. The van der Waals surface area contributed by atoms with E-state index in [-0.39, 0.29) is 17.8 Å². The third-order valence-corrected chi connectivity index (χ3v) is 3.73. The fourth-order valence-corrected chi connectivity index (χ4v) is 2.33. The standard InChI is InChI=1S/C20H22O4/c1-2-3-12-24-18-10-8-16(9-11-18)19(21)14-17(20(22)23)13-15-6-4-5-7-15/h4-6,8-11,13H,2-3,7,12,14H2,1H3,(H,22,23). The summed E-state index contributed by atoms with van der Waals surface area (Å²) in [6.45, 7) is 2.75. The van der Waals surface area contributed by atoms with Gasteiger partial charge >= 0.3 is 5.97 Å². The summed E-state index contributed by atoms with van der Waals surface area (Å²) >= 11 is 0. The summed E-state index contributed by atoms with van der Waals surface area (Å²) in [6.07, 6.45) is 9.90. The molecular formula is C20H22O4. The van der Waals surface area contributed by atoms with E-state index >= 15 is 0 Å². The Hall–Kier alpha value is -2.62. The highest BCUT2D eigenvalue weighted by atomic mass is 16.5. The second-order valence-corrected chi connectivity index (χ2v) is 5.67. The summed E-state index contributed by atoms with van der Waals surface area (Å²) in [5.74, 6) is -0.554. The molecule has 1 N–H and O–H groups in total. The zero-order valence-corrected chi connectivity index (χ0v) is 13.8. The highest BCUT2D eigenvalue weighted by Gasteiger charge is 2.15. The van der Waals surface area contributed by atoms with Crippen LogP contribution in [0.3, 0.4) is 0 Å². The van der Waals surface area contributed by atoms with Crippen molar-refractivity contribution in [1.29, 1.82) is 0 Å². The van der Waals surface area contributed by atoms with Crippen LogP contribution in [-0.4, -0.2) is 23.5 Å². The van der Waals surface area contributed by atoms with E-state index in [9.17, 15) is 14.7 Å². The molecule has 2 rings (SSSR count). The average molecular weight is 326 g/mol. The van der Waals surface area contributed by atoms with Gasteiger partial charge in [0.05, 0.1) is 6.61 Å². The molecule has 0 radical (unpaired) electrons. The van der Waals surface area contributed by atoms with Crippen molar-refractivity contribution in [2.24, 2.45) is 0 Å². The van der Waals surface area contributed by atoms with Gasteiger partial charge in [-0.2, -0.15) is 0 Å². The molecular weight excluding hydrogens is 304 g/mol. The maximum Gasteiger partial charge on any atom is 0.332 e. The fraction of sp³-hybridized carbons (Fsp3) is 0.300. The normalized spacial score (nSPS) is 13.7. The van der Waals surface area contributed by atoms with Crippen molar-refractivity contribution in [3.05, 3.63) is 65.3 Å². The minimum absolute atomic E-state index is 0.109. The van der Waals surface area contributed by atoms with Gasteiger partial charge in [-0.1, -0.05) is 31.6 Å². The molecule has 0 unspecified atom stereocenters. The number of unbranched alkanes of at least 4 members (excludes halogenated alkanes) is 1. The smallest absolute Gasteiger partial charge is 0.332 e. The molecule has 0 bridgehead atoms. The molecule has 0 heterocycles. The van der Waals surface area contributed by atoms with E-state index in [2.05, 4.69) is 6.92 Å². The van der Waals surface area contributed by atoms with Gasteiger partial charge in [-0.05, 0) is 48.8 Å². The molecule has 126 valence electrons. The quantitative estimate of drug-likeness (QED) is 0.416. The van der Waals surface area contributed by atoms with Crippen LogP contribution in [0.1, 0.15) is 43.0 Å². The van der Waals surface area contributed by atoms with Crippen LogP contribution in [0.5, 0.6) is 5.75 Å². The highest BCUT2D eigenvalue weighted by molar-refractivity contribution is 6.03. The zero-order valence-electron chi connectivity index (χ0n) is 13.8. The van der Waals surface area contributed by atoms with Crippen LogP contribution in [0.2, 0.25) is 0 Å². The molecule has 0 saturated heterocycles. The molecule has 4 nitrogen and oxygen atoms in total. The molecule has 0 amide bonds. The Balaban J connectivity index is 2.00. The minimum atomic E-state index is -1.06. The first-order chi connectivity index (χ1) is 11.6. The van der Waals surface area contributed by atoms with Crippen molar-refractivity contribution in [3.8, 4) is 5.75 Å². The van der Waals surface area contributed by atoms with Gasteiger partial charge in [0.15, 0.2) is 5.78 Å². The first kappa shape index (κ1) is 17.7. The first-order valence-corrected chi connectivity index (χ1v) is 8.15. The number of allylic oxidation sites excluding steroid dienone is 5. The number of benzene rings is 1. The van der Waals surface area contributed by atoms with Gasteiger partial charge in [0.25, 0.3) is 0 Å². The number of ether oxygens (including phenoxy) is 1. The summed E-state index contributed by atoms with van der Waals surface area (Å²) in [4.78, 5) is 23.7. The third-order valence-electron chi connectivity index (χ3n) is 3.73. The van der Waals surface area contributed by atoms with Gasteiger partial charge in [-0.15, -0.1) is 0 Å². The number of rotatable bonds is 9. The molecule has 1 aliphatic carbocycles. The molecule has 1 aromatic carbocycles. The Labute approximate surface area is 142 Å². The van der Waals surface area contributed by atoms with E-state index in [1.54, 1.807) is 30.3 Å². The van der Waals surface area contributed by atoms with Crippen molar-refractivity contribution >= 4 is 11.8 Å². The average Bonchev–Trinajstić information content (AvgIpc) is 3.08. The van der Waals surface area contributed by atoms with Gasteiger partial charge in [-0.25, -0.2) is 4.79 Å². The molecule has 0 fully saturated rings. The molecule has 0 aliphatic heterocycles. The first-order valence-electron chi connectivity index (χ1n) is 8.15. The van der Waals surface area contributed by atoms with Gasteiger partial charge in [-0.3, -0.25) is 4.79 Å². The van der Waals surface area contributed by atoms with E-state index in [0.717, 1.165) is 24.2 Å². The highest BCUT2D eigenvalue weighted by Crippen LogP contribution is 2.19. The zero-order chi connectivity index (χ0) is 17.4. The summed E-state index contributed by atoms with van der Waals surface area (Å²) in [5.41, 5.74) is 1.50. The molecule has 0 spiro atoms. The topological polar surface area (TPSA) is 63.6 Å². The van der Waals surface area contributed by atoms with Crippen LogP contribution in [0.15, 0.2) is 59.7 Å². The Morgan fingerprint density at radius 1 is 1.25 bits per heavy atom. The molecule has 0 saturated carbocycles. The van der Waals surface area contributed by atoms with Crippen LogP contribution in [0, 0.1) is 0 Å². The van der Waals surface area contributed by atoms with Gasteiger partial charge in [0.1, 0.15) is 5.75 Å². The van der Waals surface area contributed by atoms with Crippen molar-refractivity contribution in [2.45, 2.75) is 32.6 Å². The third kappa shape index (κ3) is 5.23. The number of carbonyl (C=O) groups is 2. The number of carbonyl (C=O) groups excluding carboxylic acids is 1. The lowest BCUT2D eigenvalue weighted by atomic mass is 10.0. The van der Waals surface area contributed by atoms with Crippen molar-refractivity contribution in [2.75, 3.05) is 6.61 Å². The maximum atomic E-state index is 12.3. The number of Topliss-reactive ketones (excluding diaryl/α,β-unsaturated/α-hetero) is 1. The number of carboxylic acids is 1. The van der Waals surface area contributed by atoms with Crippen LogP contribution >= 0.6 is 0 Å². The Bertz CT molecular complexity index is 678. The summed E-state index contributed by atoms with van der Waals surface area (Å²) < 4.78 is 5.56. The molecule has 4 heteroatoms. The fourth-order valence-electron chi connectivity index (χ4n) is 2.33. The number of carboxylic acid groups (broad SMARTS) is 1. The van der Waals surface area contributed by atoms with Crippen LogP contribution in [-0.2, 0) is 4.79 Å². The largest absolute Gasteiger partial charge is 0.494 e. The molecule has 1 aliphatic rings. The molecule has 1 aromatic rings. The lowest BCUT2D eigenvalue weighted by Crippen LogP contribution is -2.08. The number of ketones is 1. The van der Waals surface area contributed by atoms with Crippen LogP contribution in [0.4, 0.5) is 0 Å². The lowest BCUT2D eigenvalue weighted by Gasteiger charge is -2.07. The lowest BCUT2D eigenvalue weighted by molar-refractivity contribution is -0.132. The summed E-state index contributed by atoms with van der Waals surface area (Å²) in [6, 6.07) is 6.85. The Morgan fingerprint density at radius 3 is 2.58 bits per heavy atom.